The Bertz CT molecular complexity index is 857. The lowest BCUT2D eigenvalue weighted by atomic mass is 10.1. The van der Waals surface area contributed by atoms with E-state index >= 15 is 0 Å². The van der Waals surface area contributed by atoms with E-state index < -0.39 is 0 Å². The van der Waals surface area contributed by atoms with E-state index in [2.05, 4.69) is 47.2 Å². The zero-order chi connectivity index (χ0) is 16.5. The average molecular weight is 339 g/mol. The van der Waals surface area contributed by atoms with Crippen molar-refractivity contribution in [2.45, 2.75) is 32.6 Å². The van der Waals surface area contributed by atoms with Crippen LogP contribution in [0.5, 0.6) is 0 Å². The fourth-order valence-electron chi connectivity index (χ4n) is 3.24. The molecule has 1 aliphatic heterocycles. The van der Waals surface area contributed by atoms with Crippen LogP contribution in [0.2, 0.25) is 0 Å². The van der Waals surface area contributed by atoms with Gasteiger partial charge < -0.3 is 4.90 Å². The number of nitrogens with zero attached hydrogens (tertiary/aromatic N) is 3. The molecule has 0 radical (unpaired) electrons. The minimum Gasteiger partial charge on any atom is -0.342 e. The zero-order valence-corrected chi connectivity index (χ0v) is 14.7. The quantitative estimate of drug-likeness (QED) is 0.725. The number of imidazole rings is 1. The molecule has 3 aromatic rings. The first-order valence-corrected chi connectivity index (χ1v) is 9.45. The number of thiazole rings is 1. The second-order valence-corrected chi connectivity index (χ2v) is 7.16. The molecule has 5 heteroatoms. The van der Waals surface area contributed by atoms with Crippen LogP contribution in [-0.2, 0) is 17.6 Å². The van der Waals surface area contributed by atoms with Gasteiger partial charge in [0.05, 0.1) is 12.1 Å². The molecule has 0 spiro atoms. The molecule has 0 N–H and O–H groups in total. The number of hydrogen-bond donors (Lipinski definition) is 0. The van der Waals surface area contributed by atoms with Gasteiger partial charge in [0.15, 0.2) is 4.96 Å². The number of carbonyl (C=O) groups excluding carboxylic acids is 1. The molecule has 0 saturated carbocycles. The predicted octanol–water partition coefficient (Wildman–Crippen LogP) is 3.79. The van der Waals surface area contributed by atoms with Crippen LogP contribution in [0.15, 0.2) is 35.8 Å². The maximum atomic E-state index is 12.4. The monoisotopic (exact) mass is 339 g/mol. The molecule has 3 heterocycles. The second-order valence-electron chi connectivity index (χ2n) is 6.32. The lowest BCUT2D eigenvalue weighted by Gasteiger charge is -2.14. The van der Waals surface area contributed by atoms with Crippen molar-refractivity contribution < 1.29 is 4.79 Å². The maximum Gasteiger partial charge on any atom is 0.228 e. The summed E-state index contributed by atoms with van der Waals surface area (Å²) in [4.78, 5) is 20.1. The van der Waals surface area contributed by atoms with E-state index in [1.165, 1.54) is 5.56 Å². The molecule has 2 aromatic heterocycles. The normalized spacial score (nSPS) is 14.6. The minimum atomic E-state index is 0.231. The van der Waals surface area contributed by atoms with Crippen molar-refractivity contribution in [3.05, 3.63) is 47.1 Å². The molecule has 0 aliphatic carbocycles. The summed E-state index contributed by atoms with van der Waals surface area (Å²) in [6.45, 7) is 3.97. The van der Waals surface area contributed by atoms with Gasteiger partial charge in [0.2, 0.25) is 5.91 Å². The Morgan fingerprint density at radius 2 is 1.96 bits per heavy atom. The van der Waals surface area contributed by atoms with Crippen LogP contribution in [0.4, 0.5) is 0 Å². The molecule has 1 fully saturated rings. The Balaban J connectivity index is 1.59. The summed E-state index contributed by atoms with van der Waals surface area (Å²) in [5, 5.41) is 2.06. The molecule has 1 aliphatic rings. The third kappa shape index (κ3) is 2.84. The van der Waals surface area contributed by atoms with Gasteiger partial charge in [-0.2, -0.15) is 0 Å². The average Bonchev–Trinajstić information content (AvgIpc) is 3.33. The molecule has 1 amide bonds. The number of amides is 1. The van der Waals surface area contributed by atoms with Gasteiger partial charge in [0.1, 0.15) is 0 Å². The van der Waals surface area contributed by atoms with Crippen LogP contribution in [0.1, 0.15) is 31.0 Å². The summed E-state index contributed by atoms with van der Waals surface area (Å²) in [6, 6.07) is 8.56. The van der Waals surface area contributed by atoms with Crippen molar-refractivity contribution in [1.82, 2.24) is 14.3 Å². The van der Waals surface area contributed by atoms with E-state index in [-0.39, 0.29) is 5.91 Å². The fourth-order valence-corrected chi connectivity index (χ4v) is 4.11. The van der Waals surface area contributed by atoms with Gasteiger partial charge in [-0.15, -0.1) is 11.3 Å². The zero-order valence-electron chi connectivity index (χ0n) is 13.9. The van der Waals surface area contributed by atoms with Crippen LogP contribution >= 0.6 is 11.3 Å². The van der Waals surface area contributed by atoms with Crippen LogP contribution in [0.3, 0.4) is 0 Å². The van der Waals surface area contributed by atoms with Crippen molar-refractivity contribution in [2.75, 3.05) is 13.1 Å². The SMILES string of the molecule is CCc1ccc(-c2cn3c(CC(=O)N4CCCC4)csc3n2)cc1. The van der Waals surface area contributed by atoms with E-state index in [1.54, 1.807) is 11.3 Å². The van der Waals surface area contributed by atoms with E-state index in [1.807, 2.05) is 4.90 Å². The molecule has 0 bridgehead atoms. The Labute approximate surface area is 145 Å². The Morgan fingerprint density at radius 1 is 1.21 bits per heavy atom. The van der Waals surface area contributed by atoms with Crippen LogP contribution in [-0.4, -0.2) is 33.3 Å². The highest BCUT2D eigenvalue weighted by atomic mass is 32.1. The molecule has 124 valence electrons. The molecule has 1 aromatic carbocycles. The fraction of sp³-hybridized carbons (Fsp3) is 0.368. The van der Waals surface area contributed by atoms with E-state index in [4.69, 9.17) is 4.98 Å². The molecule has 4 nitrogen and oxygen atoms in total. The third-order valence-electron chi connectivity index (χ3n) is 4.73. The molecule has 24 heavy (non-hydrogen) atoms. The van der Waals surface area contributed by atoms with Crippen LogP contribution in [0.25, 0.3) is 16.2 Å². The smallest absolute Gasteiger partial charge is 0.228 e. The highest BCUT2D eigenvalue weighted by molar-refractivity contribution is 7.15. The van der Waals surface area contributed by atoms with E-state index in [0.717, 1.165) is 54.3 Å². The summed E-state index contributed by atoms with van der Waals surface area (Å²) in [6.07, 6.45) is 5.83. The van der Waals surface area contributed by atoms with E-state index in [0.29, 0.717) is 6.42 Å². The lowest BCUT2D eigenvalue weighted by Crippen LogP contribution is -2.29. The van der Waals surface area contributed by atoms with Crippen molar-refractivity contribution >= 4 is 22.2 Å². The molecule has 1 saturated heterocycles. The third-order valence-corrected chi connectivity index (χ3v) is 5.62. The second kappa shape index (κ2) is 6.40. The first-order chi connectivity index (χ1) is 11.7. The Kier molecular flexibility index (Phi) is 4.10. The summed E-state index contributed by atoms with van der Waals surface area (Å²) >= 11 is 1.60. The number of aryl methyl sites for hydroxylation is 1. The van der Waals surface area contributed by atoms with Gasteiger partial charge in [-0.25, -0.2) is 4.98 Å². The lowest BCUT2D eigenvalue weighted by molar-refractivity contribution is -0.129. The number of hydrogen-bond acceptors (Lipinski definition) is 3. The van der Waals surface area contributed by atoms with Gasteiger partial charge >= 0.3 is 0 Å². The summed E-state index contributed by atoms with van der Waals surface area (Å²) in [5.74, 6) is 0.231. The Hall–Kier alpha value is -2.14. The van der Waals surface area contributed by atoms with E-state index in [9.17, 15) is 4.79 Å². The van der Waals surface area contributed by atoms with Crippen LogP contribution < -0.4 is 0 Å². The number of fused-ring (bicyclic) bond motifs is 1. The van der Waals surface area contributed by atoms with Gasteiger partial charge in [0.25, 0.3) is 0 Å². The predicted molar refractivity (Wildman–Crippen MR) is 97.4 cm³/mol. The number of carbonyl (C=O) groups is 1. The standard InChI is InChI=1S/C19H21N3OS/c1-2-14-5-7-15(8-6-14)17-12-22-16(13-24-19(22)20-17)11-18(23)21-9-3-4-10-21/h5-8,12-13H,2-4,9-11H2,1H3. The molecule has 0 unspecified atom stereocenters. The van der Waals surface area contributed by atoms with Crippen molar-refractivity contribution in [3.63, 3.8) is 0 Å². The largest absolute Gasteiger partial charge is 0.342 e. The van der Waals surface area contributed by atoms with Crippen LogP contribution in [0, 0.1) is 0 Å². The summed E-state index contributed by atoms with van der Waals surface area (Å²) in [7, 11) is 0. The van der Waals surface area contributed by atoms with Crippen molar-refractivity contribution in [2.24, 2.45) is 0 Å². The van der Waals surface area contributed by atoms with Crippen molar-refractivity contribution in [3.8, 4) is 11.3 Å². The number of benzene rings is 1. The number of rotatable bonds is 4. The summed E-state index contributed by atoms with van der Waals surface area (Å²) in [5.41, 5.74) is 4.46. The Morgan fingerprint density at radius 3 is 2.67 bits per heavy atom. The summed E-state index contributed by atoms with van der Waals surface area (Å²) < 4.78 is 2.07. The molecule has 4 rings (SSSR count). The first kappa shape index (κ1) is 15.4. The van der Waals surface area contributed by atoms with Gasteiger partial charge in [-0.05, 0) is 24.8 Å². The highest BCUT2D eigenvalue weighted by Crippen LogP contribution is 2.25. The van der Waals surface area contributed by atoms with Gasteiger partial charge in [-0.3, -0.25) is 9.20 Å². The van der Waals surface area contributed by atoms with Gasteiger partial charge in [0, 0.05) is 35.9 Å². The van der Waals surface area contributed by atoms with Crippen molar-refractivity contribution in [1.29, 1.82) is 0 Å². The molecule has 0 atom stereocenters. The topological polar surface area (TPSA) is 37.6 Å². The number of aromatic nitrogens is 2. The van der Waals surface area contributed by atoms with Gasteiger partial charge in [-0.1, -0.05) is 31.2 Å². The first-order valence-electron chi connectivity index (χ1n) is 8.57. The highest BCUT2D eigenvalue weighted by Gasteiger charge is 2.20. The maximum absolute atomic E-state index is 12.4. The molecular formula is C19H21N3OS. The minimum absolute atomic E-state index is 0.231. The molecular weight excluding hydrogens is 318 g/mol. The number of likely N-dealkylation sites (tertiary alicyclic amines) is 1.